The minimum Gasteiger partial charge on any atom is -0.481 e. The van der Waals surface area contributed by atoms with Crippen molar-refractivity contribution in [3.63, 3.8) is 0 Å². The number of carbonyl (C=O) groups excluding carboxylic acids is 1. The molecule has 0 saturated carbocycles. The number of hydrogen-bond acceptors (Lipinski definition) is 2. The van der Waals surface area contributed by atoms with Gasteiger partial charge in [0.15, 0.2) is 0 Å². The Labute approximate surface area is 146 Å². The summed E-state index contributed by atoms with van der Waals surface area (Å²) in [6.07, 6.45) is 0.451. The number of aliphatic carboxylic acids is 1. The van der Waals surface area contributed by atoms with Gasteiger partial charge in [-0.2, -0.15) is 0 Å². The van der Waals surface area contributed by atoms with Crippen LogP contribution >= 0.6 is 11.6 Å². The van der Waals surface area contributed by atoms with E-state index in [9.17, 15) is 9.59 Å². The van der Waals surface area contributed by atoms with Gasteiger partial charge in [0.25, 0.3) is 5.91 Å². The molecule has 24 heavy (non-hydrogen) atoms. The van der Waals surface area contributed by atoms with Gasteiger partial charge in [-0.25, -0.2) is 0 Å². The lowest BCUT2D eigenvalue weighted by atomic mass is 10.0. The smallest absolute Gasteiger partial charge is 0.306 e. The monoisotopic (exact) mass is 345 g/mol. The number of nitrogens with one attached hydrogen (secondary N) is 1. The van der Waals surface area contributed by atoms with Crippen molar-refractivity contribution in [2.24, 2.45) is 5.92 Å². The molecule has 0 aliphatic carbocycles. The van der Waals surface area contributed by atoms with Gasteiger partial charge in [0.2, 0.25) is 0 Å². The quantitative estimate of drug-likeness (QED) is 0.840. The first-order valence-electron chi connectivity index (χ1n) is 7.67. The Kier molecular flexibility index (Phi) is 5.62. The first kappa shape index (κ1) is 18.0. The van der Waals surface area contributed by atoms with E-state index in [0.717, 1.165) is 16.7 Å². The molecule has 0 saturated heterocycles. The van der Waals surface area contributed by atoms with Crippen LogP contribution in [0.5, 0.6) is 0 Å². The molecule has 4 nitrogen and oxygen atoms in total. The summed E-state index contributed by atoms with van der Waals surface area (Å²) in [6.45, 7) is 5.54. The zero-order chi connectivity index (χ0) is 17.9. The highest BCUT2D eigenvalue weighted by atomic mass is 35.5. The van der Waals surface area contributed by atoms with Crippen LogP contribution in [-0.2, 0) is 11.2 Å². The van der Waals surface area contributed by atoms with Crippen molar-refractivity contribution in [1.29, 1.82) is 0 Å². The molecule has 0 radical (unpaired) electrons. The molecular weight excluding hydrogens is 326 g/mol. The molecule has 1 amide bonds. The highest BCUT2D eigenvalue weighted by Crippen LogP contribution is 2.22. The molecule has 0 aliphatic rings. The van der Waals surface area contributed by atoms with Crippen molar-refractivity contribution in [1.82, 2.24) is 0 Å². The van der Waals surface area contributed by atoms with Gasteiger partial charge in [-0.3, -0.25) is 9.59 Å². The second kappa shape index (κ2) is 7.49. The molecule has 0 bridgehead atoms. The van der Waals surface area contributed by atoms with E-state index in [0.29, 0.717) is 22.7 Å². The van der Waals surface area contributed by atoms with E-state index in [-0.39, 0.29) is 5.91 Å². The lowest BCUT2D eigenvalue weighted by molar-refractivity contribution is -0.141. The predicted molar refractivity (Wildman–Crippen MR) is 95.8 cm³/mol. The van der Waals surface area contributed by atoms with Crippen molar-refractivity contribution in [3.8, 4) is 0 Å². The highest BCUT2D eigenvalue weighted by molar-refractivity contribution is 6.34. The number of hydrogen-bond donors (Lipinski definition) is 2. The van der Waals surface area contributed by atoms with Crippen molar-refractivity contribution in [2.45, 2.75) is 27.2 Å². The Morgan fingerprint density at radius 1 is 1.12 bits per heavy atom. The number of anilines is 1. The highest BCUT2D eigenvalue weighted by Gasteiger charge is 2.14. The molecule has 5 heteroatoms. The number of benzene rings is 2. The molecule has 1 atom stereocenters. The molecule has 2 aromatic rings. The molecule has 1 unspecified atom stereocenters. The maximum absolute atomic E-state index is 12.4. The maximum Gasteiger partial charge on any atom is 0.306 e. The Balaban J connectivity index is 2.10. The van der Waals surface area contributed by atoms with Crippen LogP contribution in [0.25, 0.3) is 0 Å². The standard InChI is InChI=1S/C19H20ClNO3/c1-11-9-16(17(20)10-12(11)2)18(22)21-15-6-4-14(5-7-15)8-13(3)19(23)24/h4-7,9-10,13H,8H2,1-3H3,(H,21,22)(H,23,24). The predicted octanol–water partition coefficient (Wildman–Crippen LogP) is 4.47. The summed E-state index contributed by atoms with van der Waals surface area (Å²) in [4.78, 5) is 23.3. The van der Waals surface area contributed by atoms with E-state index in [1.165, 1.54) is 0 Å². The molecule has 2 aromatic carbocycles. The van der Waals surface area contributed by atoms with Gasteiger partial charge in [0, 0.05) is 5.69 Å². The molecule has 0 spiro atoms. The number of carboxylic acid groups (broad SMARTS) is 1. The van der Waals surface area contributed by atoms with E-state index in [2.05, 4.69) is 5.32 Å². The number of carboxylic acids is 1. The minimum absolute atomic E-state index is 0.269. The van der Waals surface area contributed by atoms with Crippen LogP contribution < -0.4 is 5.32 Å². The molecule has 2 N–H and O–H groups in total. The molecular formula is C19H20ClNO3. The van der Waals surface area contributed by atoms with Gasteiger partial charge in [-0.05, 0) is 61.2 Å². The summed E-state index contributed by atoms with van der Waals surface area (Å²) in [7, 11) is 0. The summed E-state index contributed by atoms with van der Waals surface area (Å²) in [5.74, 6) is -1.54. The van der Waals surface area contributed by atoms with Crippen LogP contribution in [0, 0.1) is 19.8 Å². The van der Waals surface area contributed by atoms with Gasteiger partial charge in [0.1, 0.15) is 0 Å². The molecule has 2 rings (SSSR count). The van der Waals surface area contributed by atoms with E-state index in [4.69, 9.17) is 16.7 Å². The molecule has 0 aromatic heterocycles. The lowest BCUT2D eigenvalue weighted by Crippen LogP contribution is -2.14. The first-order valence-corrected chi connectivity index (χ1v) is 8.05. The number of rotatable bonds is 5. The van der Waals surface area contributed by atoms with E-state index < -0.39 is 11.9 Å². The van der Waals surface area contributed by atoms with Crippen molar-refractivity contribution >= 4 is 29.2 Å². The number of halogens is 1. The van der Waals surface area contributed by atoms with Crippen LogP contribution in [-0.4, -0.2) is 17.0 Å². The Hall–Kier alpha value is -2.33. The van der Waals surface area contributed by atoms with E-state index >= 15 is 0 Å². The Morgan fingerprint density at radius 3 is 2.29 bits per heavy atom. The van der Waals surface area contributed by atoms with Crippen LogP contribution in [0.2, 0.25) is 5.02 Å². The first-order chi connectivity index (χ1) is 11.3. The van der Waals surface area contributed by atoms with Gasteiger partial charge in [-0.1, -0.05) is 30.7 Å². The molecule has 0 fully saturated rings. The average molecular weight is 346 g/mol. The van der Waals surface area contributed by atoms with Crippen molar-refractivity contribution in [3.05, 3.63) is 63.7 Å². The van der Waals surface area contributed by atoms with Crippen LogP contribution in [0.3, 0.4) is 0 Å². The summed E-state index contributed by atoms with van der Waals surface area (Å²) >= 11 is 6.16. The SMILES string of the molecule is Cc1cc(Cl)c(C(=O)Nc2ccc(CC(C)C(=O)O)cc2)cc1C. The maximum atomic E-state index is 12.4. The van der Waals surface area contributed by atoms with E-state index in [1.807, 2.05) is 26.0 Å². The lowest BCUT2D eigenvalue weighted by Gasteiger charge is -2.11. The summed E-state index contributed by atoms with van der Waals surface area (Å²) in [5, 5.41) is 12.2. The zero-order valence-corrected chi connectivity index (χ0v) is 14.6. The summed E-state index contributed by atoms with van der Waals surface area (Å²) in [5.41, 5.74) is 4.02. The largest absolute Gasteiger partial charge is 0.481 e. The molecule has 0 heterocycles. The zero-order valence-electron chi connectivity index (χ0n) is 13.9. The van der Waals surface area contributed by atoms with Crippen LogP contribution in [0.1, 0.15) is 34.0 Å². The minimum atomic E-state index is -0.822. The number of aryl methyl sites for hydroxylation is 2. The fourth-order valence-electron chi connectivity index (χ4n) is 2.32. The Bertz CT molecular complexity index is 769. The Morgan fingerprint density at radius 2 is 1.71 bits per heavy atom. The molecule has 126 valence electrons. The third-order valence-electron chi connectivity index (χ3n) is 4.00. The third kappa shape index (κ3) is 4.36. The number of carbonyl (C=O) groups is 2. The van der Waals surface area contributed by atoms with Gasteiger partial charge >= 0.3 is 5.97 Å². The van der Waals surface area contributed by atoms with E-state index in [1.54, 1.807) is 31.2 Å². The number of amides is 1. The normalized spacial score (nSPS) is 11.8. The third-order valence-corrected chi connectivity index (χ3v) is 4.32. The molecule has 0 aliphatic heterocycles. The second-order valence-corrected chi connectivity index (χ2v) is 6.42. The van der Waals surface area contributed by atoms with Crippen molar-refractivity contribution in [2.75, 3.05) is 5.32 Å². The summed E-state index contributed by atoms with van der Waals surface area (Å²) in [6, 6.07) is 10.7. The summed E-state index contributed by atoms with van der Waals surface area (Å²) < 4.78 is 0. The van der Waals surface area contributed by atoms with Gasteiger partial charge < -0.3 is 10.4 Å². The van der Waals surface area contributed by atoms with Crippen LogP contribution in [0.4, 0.5) is 5.69 Å². The fourth-order valence-corrected chi connectivity index (χ4v) is 2.62. The van der Waals surface area contributed by atoms with Crippen LogP contribution in [0.15, 0.2) is 36.4 Å². The van der Waals surface area contributed by atoms with Gasteiger partial charge in [-0.15, -0.1) is 0 Å². The average Bonchev–Trinajstić information content (AvgIpc) is 2.52. The topological polar surface area (TPSA) is 66.4 Å². The van der Waals surface area contributed by atoms with Crippen molar-refractivity contribution < 1.29 is 14.7 Å². The van der Waals surface area contributed by atoms with Gasteiger partial charge in [0.05, 0.1) is 16.5 Å². The fraction of sp³-hybridized carbons (Fsp3) is 0.263. The second-order valence-electron chi connectivity index (χ2n) is 6.01.